The Kier molecular flexibility index (Phi) is 6.72. The van der Waals surface area contributed by atoms with Gasteiger partial charge in [0.15, 0.2) is 0 Å². The topological polar surface area (TPSA) is 182 Å². The molecule has 0 aliphatic heterocycles. The first-order valence-electron chi connectivity index (χ1n) is 8.09. The maximum atomic E-state index is 12.3. The van der Waals surface area contributed by atoms with Gasteiger partial charge in [-0.2, -0.15) is 0 Å². The number of nitrogens with zero attached hydrogens (tertiary/aromatic N) is 2. The monoisotopic (exact) mass is 432 g/mol. The summed E-state index contributed by atoms with van der Waals surface area (Å²) in [6.07, 6.45) is 0. The smallest absolute Gasteiger partial charge is 0.346 e. The Balaban J connectivity index is 2.41. The van der Waals surface area contributed by atoms with E-state index in [9.17, 15) is 39.4 Å². The summed E-state index contributed by atoms with van der Waals surface area (Å²) >= 11 is 0. The summed E-state index contributed by atoms with van der Waals surface area (Å²) in [5.74, 6) is -4.73. The number of methoxy groups -OCH3 is 2. The molecule has 0 bridgehead atoms. The second-order valence-electron chi connectivity index (χ2n) is 5.71. The summed E-state index contributed by atoms with van der Waals surface area (Å²) in [4.78, 5) is 68.3. The van der Waals surface area contributed by atoms with Crippen molar-refractivity contribution in [1.29, 1.82) is 0 Å². The van der Waals surface area contributed by atoms with E-state index in [0.717, 1.165) is 50.6 Å². The third-order valence-corrected chi connectivity index (χ3v) is 3.76. The Labute approximate surface area is 172 Å². The highest BCUT2D eigenvalue weighted by molar-refractivity contribution is 6.05. The maximum Gasteiger partial charge on any atom is 0.346 e. The number of rotatable bonds is 6. The predicted octanol–water partition coefficient (Wildman–Crippen LogP) is 2.07. The molecule has 0 aromatic heterocycles. The lowest BCUT2D eigenvalue weighted by Crippen LogP contribution is -2.15. The SMILES string of the molecule is COC(=O)c1cc(C(=O)OC(=O)c2cc(C(=O)OC)cc([N+](=O)[O-])c2)cc([N+](=O)[O-])c1. The third-order valence-electron chi connectivity index (χ3n) is 3.76. The van der Waals surface area contributed by atoms with Crippen LogP contribution in [0.25, 0.3) is 0 Å². The van der Waals surface area contributed by atoms with E-state index in [1.54, 1.807) is 0 Å². The van der Waals surface area contributed by atoms with Gasteiger partial charge in [0.05, 0.1) is 46.3 Å². The second-order valence-corrected chi connectivity index (χ2v) is 5.71. The lowest BCUT2D eigenvalue weighted by molar-refractivity contribution is -0.385. The molecule has 160 valence electrons. The standard InChI is InChI=1S/C18H12N2O11/c1-29-15(21)9-3-11(7-13(5-9)19(25)26)17(23)31-18(24)12-4-10(16(22)30-2)6-14(8-12)20(27)28/h3-8H,1-2H3. The molecule has 2 aromatic rings. The molecule has 0 aliphatic carbocycles. The highest BCUT2D eigenvalue weighted by Gasteiger charge is 2.24. The van der Waals surface area contributed by atoms with Gasteiger partial charge in [0.1, 0.15) is 0 Å². The summed E-state index contributed by atoms with van der Waals surface area (Å²) in [6.45, 7) is 0. The van der Waals surface area contributed by atoms with Crippen LogP contribution < -0.4 is 0 Å². The number of non-ortho nitro benzene ring substituents is 2. The first-order chi connectivity index (χ1) is 14.6. The van der Waals surface area contributed by atoms with Gasteiger partial charge in [-0.15, -0.1) is 0 Å². The number of hydrogen-bond acceptors (Lipinski definition) is 11. The molecule has 0 saturated heterocycles. The van der Waals surface area contributed by atoms with E-state index in [1.165, 1.54) is 0 Å². The molecule has 0 amide bonds. The van der Waals surface area contributed by atoms with Crippen molar-refractivity contribution in [2.75, 3.05) is 14.2 Å². The van der Waals surface area contributed by atoms with Crippen molar-refractivity contribution in [1.82, 2.24) is 0 Å². The molecular weight excluding hydrogens is 420 g/mol. The molecule has 0 spiro atoms. The van der Waals surface area contributed by atoms with Gasteiger partial charge in [-0.3, -0.25) is 20.2 Å². The first kappa shape index (κ1) is 22.6. The Morgan fingerprint density at radius 3 is 1.16 bits per heavy atom. The fourth-order valence-corrected chi connectivity index (χ4v) is 2.34. The normalized spacial score (nSPS) is 10.0. The Morgan fingerprint density at radius 1 is 0.613 bits per heavy atom. The van der Waals surface area contributed by atoms with E-state index in [1.807, 2.05) is 0 Å². The third kappa shape index (κ3) is 5.23. The maximum absolute atomic E-state index is 12.3. The molecule has 13 nitrogen and oxygen atoms in total. The predicted molar refractivity (Wildman–Crippen MR) is 98.6 cm³/mol. The van der Waals surface area contributed by atoms with Crippen LogP contribution in [0.15, 0.2) is 36.4 Å². The van der Waals surface area contributed by atoms with Crippen molar-refractivity contribution < 1.29 is 43.2 Å². The van der Waals surface area contributed by atoms with Gasteiger partial charge in [-0.1, -0.05) is 0 Å². The summed E-state index contributed by atoms with van der Waals surface area (Å²) < 4.78 is 13.5. The van der Waals surface area contributed by atoms with Crippen molar-refractivity contribution in [3.8, 4) is 0 Å². The largest absolute Gasteiger partial charge is 0.465 e. The van der Waals surface area contributed by atoms with E-state index in [-0.39, 0.29) is 11.1 Å². The lowest BCUT2D eigenvalue weighted by Gasteiger charge is -2.07. The van der Waals surface area contributed by atoms with E-state index in [2.05, 4.69) is 14.2 Å². The zero-order valence-electron chi connectivity index (χ0n) is 15.8. The van der Waals surface area contributed by atoms with Gasteiger partial charge < -0.3 is 14.2 Å². The fourth-order valence-electron chi connectivity index (χ4n) is 2.34. The molecule has 13 heteroatoms. The van der Waals surface area contributed by atoms with Crippen molar-refractivity contribution in [3.05, 3.63) is 78.9 Å². The Morgan fingerprint density at radius 2 is 0.903 bits per heavy atom. The fraction of sp³-hybridized carbons (Fsp3) is 0.111. The average molecular weight is 432 g/mol. The van der Waals surface area contributed by atoms with Crippen LogP contribution in [-0.2, 0) is 14.2 Å². The zero-order chi connectivity index (χ0) is 23.3. The first-order valence-corrected chi connectivity index (χ1v) is 8.09. The molecule has 0 saturated carbocycles. The minimum atomic E-state index is -1.38. The number of nitro benzene ring substituents is 2. The number of ether oxygens (including phenoxy) is 3. The van der Waals surface area contributed by atoms with Crippen LogP contribution in [0, 0.1) is 20.2 Å². The summed E-state index contributed by atoms with van der Waals surface area (Å²) in [7, 11) is 2.04. The van der Waals surface area contributed by atoms with Crippen molar-refractivity contribution in [2.24, 2.45) is 0 Å². The summed E-state index contributed by atoms with van der Waals surface area (Å²) in [5.41, 5.74) is -3.04. The van der Waals surface area contributed by atoms with E-state index in [4.69, 9.17) is 0 Å². The van der Waals surface area contributed by atoms with Crippen LogP contribution in [0.4, 0.5) is 11.4 Å². The highest BCUT2D eigenvalue weighted by atomic mass is 16.6. The second kappa shape index (κ2) is 9.21. The minimum absolute atomic E-state index is 0.348. The molecule has 2 rings (SSSR count). The average Bonchev–Trinajstić information content (AvgIpc) is 2.76. The molecule has 0 radical (unpaired) electrons. The Bertz CT molecular complexity index is 1040. The van der Waals surface area contributed by atoms with E-state index >= 15 is 0 Å². The van der Waals surface area contributed by atoms with Crippen LogP contribution in [0.2, 0.25) is 0 Å². The molecule has 0 fully saturated rings. The zero-order valence-corrected chi connectivity index (χ0v) is 15.8. The number of nitro groups is 2. The number of hydrogen-bond donors (Lipinski definition) is 0. The van der Waals surface area contributed by atoms with Gasteiger partial charge in [0.2, 0.25) is 0 Å². The van der Waals surface area contributed by atoms with Crippen LogP contribution in [0.5, 0.6) is 0 Å². The number of carbonyl (C=O) groups is 4. The van der Waals surface area contributed by atoms with Gasteiger partial charge in [-0.25, -0.2) is 19.2 Å². The lowest BCUT2D eigenvalue weighted by atomic mass is 10.1. The molecule has 0 N–H and O–H groups in total. The van der Waals surface area contributed by atoms with E-state index in [0.29, 0.717) is 0 Å². The highest BCUT2D eigenvalue weighted by Crippen LogP contribution is 2.21. The molecule has 0 heterocycles. The van der Waals surface area contributed by atoms with Gasteiger partial charge in [0.25, 0.3) is 11.4 Å². The molecule has 2 aromatic carbocycles. The van der Waals surface area contributed by atoms with Gasteiger partial charge >= 0.3 is 23.9 Å². The summed E-state index contributed by atoms with van der Waals surface area (Å²) in [5, 5.41) is 22.1. The molecule has 0 unspecified atom stereocenters. The van der Waals surface area contributed by atoms with Crippen molar-refractivity contribution in [3.63, 3.8) is 0 Å². The molecule has 0 atom stereocenters. The number of carbonyl (C=O) groups excluding carboxylic acids is 4. The van der Waals surface area contributed by atoms with Crippen LogP contribution in [0.1, 0.15) is 41.4 Å². The molecule has 31 heavy (non-hydrogen) atoms. The van der Waals surface area contributed by atoms with Crippen LogP contribution in [0.3, 0.4) is 0 Å². The van der Waals surface area contributed by atoms with Gasteiger partial charge in [-0.05, 0) is 12.1 Å². The van der Waals surface area contributed by atoms with Crippen LogP contribution >= 0.6 is 0 Å². The van der Waals surface area contributed by atoms with Crippen molar-refractivity contribution >= 4 is 35.3 Å². The van der Waals surface area contributed by atoms with Gasteiger partial charge in [0, 0.05) is 24.3 Å². The molecule has 0 aliphatic rings. The van der Waals surface area contributed by atoms with Crippen LogP contribution in [-0.4, -0.2) is 47.9 Å². The summed E-state index contributed by atoms with van der Waals surface area (Å²) in [6, 6.07) is 5.04. The minimum Gasteiger partial charge on any atom is -0.465 e. The molecular formula is C18H12N2O11. The Hall–Kier alpha value is -4.68. The van der Waals surface area contributed by atoms with Crippen molar-refractivity contribution in [2.45, 2.75) is 0 Å². The number of benzene rings is 2. The van der Waals surface area contributed by atoms with E-state index < -0.39 is 56.2 Å². The number of esters is 4. The quantitative estimate of drug-likeness (QED) is 0.214.